The van der Waals surface area contributed by atoms with Crippen LogP contribution in [0.4, 0.5) is 5.69 Å². The molecule has 0 aliphatic heterocycles. The first-order valence-electron chi connectivity index (χ1n) is 9.23. The SMILES string of the molecule is CCNC(=O)CC[C@@H](NC(=O)c1cc2cc([N+](=O)[O-])ccc2oc1=O)C(=O)OCC. The molecule has 11 heteroatoms. The fourth-order valence-corrected chi connectivity index (χ4v) is 2.67. The molecule has 0 unspecified atom stereocenters. The summed E-state index contributed by atoms with van der Waals surface area (Å²) in [5.41, 5.74) is -1.58. The molecule has 30 heavy (non-hydrogen) atoms. The monoisotopic (exact) mass is 419 g/mol. The summed E-state index contributed by atoms with van der Waals surface area (Å²) in [5.74, 6) is -1.99. The number of esters is 1. The first-order chi connectivity index (χ1) is 14.3. The molecule has 1 heterocycles. The summed E-state index contributed by atoms with van der Waals surface area (Å²) < 4.78 is 9.96. The van der Waals surface area contributed by atoms with Crippen LogP contribution in [0.2, 0.25) is 0 Å². The molecular formula is C19H21N3O8. The Kier molecular flexibility index (Phi) is 7.62. The maximum Gasteiger partial charge on any atom is 0.349 e. The molecule has 0 aliphatic carbocycles. The zero-order chi connectivity index (χ0) is 22.3. The standard InChI is InChI=1S/C19H21N3O8/c1-3-20-16(23)8-6-14(19(26)29-4-2)21-17(24)13-10-11-9-12(22(27)28)5-7-15(11)30-18(13)25/h5,7,9-10,14H,3-4,6,8H2,1-2H3,(H,20,23)(H,21,24)/t14-/m1/s1. The Hall–Kier alpha value is -3.76. The van der Waals surface area contributed by atoms with Crippen molar-refractivity contribution in [2.45, 2.75) is 32.7 Å². The van der Waals surface area contributed by atoms with Gasteiger partial charge in [0.25, 0.3) is 11.6 Å². The summed E-state index contributed by atoms with van der Waals surface area (Å²) in [6.07, 6.45) is -0.0864. The van der Waals surface area contributed by atoms with Crippen molar-refractivity contribution in [2.24, 2.45) is 0 Å². The number of amides is 2. The van der Waals surface area contributed by atoms with Crippen LogP contribution < -0.4 is 16.3 Å². The molecule has 0 aliphatic rings. The van der Waals surface area contributed by atoms with E-state index in [1.54, 1.807) is 13.8 Å². The van der Waals surface area contributed by atoms with E-state index in [1.165, 1.54) is 12.1 Å². The van der Waals surface area contributed by atoms with Gasteiger partial charge < -0.3 is 19.8 Å². The predicted octanol–water partition coefficient (Wildman–Crippen LogP) is 1.28. The molecule has 1 atom stereocenters. The van der Waals surface area contributed by atoms with Gasteiger partial charge in [-0.25, -0.2) is 9.59 Å². The van der Waals surface area contributed by atoms with E-state index in [0.29, 0.717) is 6.54 Å². The molecule has 0 saturated carbocycles. The summed E-state index contributed by atoms with van der Waals surface area (Å²) in [6.45, 7) is 3.81. The highest BCUT2D eigenvalue weighted by Gasteiger charge is 2.25. The normalized spacial score (nSPS) is 11.5. The van der Waals surface area contributed by atoms with Crippen molar-refractivity contribution in [3.8, 4) is 0 Å². The number of ether oxygens (including phenoxy) is 1. The number of nitrogens with zero attached hydrogens (tertiary/aromatic N) is 1. The van der Waals surface area contributed by atoms with E-state index in [9.17, 15) is 29.3 Å². The highest BCUT2D eigenvalue weighted by Crippen LogP contribution is 2.20. The van der Waals surface area contributed by atoms with E-state index >= 15 is 0 Å². The lowest BCUT2D eigenvalue weighted by molar-refractivity contribution is -0.384. The number of carbonyl (C=O) groups excluding carboxylic acids is 3. The highest BCUT2D eigenvalue weighted by atomic mass is 16.6. The number of fused-ring (bicyclic) bond motifs is 1. The quantitative estimate of drug-likeness (QED) is 0.266. The lowest BCUT2D eigenvalue weighted by Gasteiger charge is -2.17. The van der Waals surface area contributed by atoms with Gasteiger partial charge in [-0.3, -0.25) is 19.7 Å². The molecule has 0 spiro atoms. The molecule has 160 valence electrons. The van der Waals surface area contributed by atoms with Crippen molar-refractivity contribution < 1.29 is 28.5 Å². The second-order valence-electron chi connectivity index (χ2n) is 6.20. The Morgan fingerprint density at radius 2 is 1.97 bits per heavy atom. The van der Waals surface area contributed by atoms with Gasteiger partial charge in [0, 0.05) is 30.5 Å². The third kappa shape index (κ3) is 5.63. The summed E-state index contributed by atoms with van der Waals surface area (Å²) in [4.78, 5) is 58.9. The lowest BCUT2D eigenvalue weighted by Crippen LogP contribution is -2.43. The van der Waals surface area contributed by atoms with Crippen LogP contribution in [0.1, 0.15) is 37.0 Å². The van der Waals surface area contributed by atoms with E-state index < -0.39 is 34.0 Å². The van der Waals surface area contributed by atoms with E-state index in [0.717, 1.165) is 12.1 Å². The Bertz CT molecular complexity index is 1030. The molecule has 0 saturated heterocycles. The van der Waals surface area contributed by atoms with E-state index in [1.807, 2.05) is 0 Å². The number of hydrogen-bond donors (Lipinski definition) is 2. The second kappa shape index (κ2) is 10.1. The zero-order valence-corrected chi connectivity index (χ0v) is 16.4. The number of hydrogen-bond acceptors (Lipinski definition) is 8. The van der Waals surface area contributed by atoms with Crippen molar-refractivity contribution in [1.82, 2.24) is 10.6 Å². The molecule has 0 fully saturated rings. The minimum Gasteiger partial charge on any atom is -0.464 e. The van der Waals surface area contributed by atoms with Crippen LogP contribution in [0.25, 0.3) is 11.0 Å². The van der Waals surface area contributed by atoms with Gasteiger partial charge in [0.1, 0.15) is 17.2 Å². The van der Waals surface area contributed by atoms with Crippen molar-refractivity contribution in [3.05, 3.63) is 50.4 Å². The van der Waals surface area contributed by atoms with Gasteiger partial charge in [0.2, 0.25) is 5.91 Å². The average Bonchev–Trinajstić information content (AvgIpc) is 2.70. The van der Waals surface area contributed by atoms with Crippen LogP contribution in [-0.2, 0) is 14.3 Å². The van der Waals surface area contributed by atoms with Gasteiger partial charge in [-0.05, 0) is 32.4 Å². The highest BCUT2D eigenvalue weighted by molar-refractivity contribution is 5.99. The smallest absolute Gasteiger partial charge is 0.349 e. The molecule has 11 nitrogen and oxygen atoms in total. The first kappa shape index (κ1) is 22.5. The van der Waals surface area contributed by atoms with E-state index in [2.05, 4.69) is 10.6 Å². The van der Waals surface area contributed by atoms with Crippen LogP contribution in [0.5, 0.6) is 0 Å². The van der Waals surface area contributed by atoms with Crippen molar-refractivity contribution >= 4 is 34.4 Å². The lowest BCUT2D eigenvalue weighted by atomic mass is 10.1. The van der Waals surface area contributed by atoms with Crippen LogP contribution in [0, 0.1) is 10.1 Å². The number of nitro groups is 1. The van der Waals surface area contributed by atoms with Gasteiger partial charge >= 0.3 is 11.6 Å². The van der Waals surface area contributed by atoms with Crippen molar-refractivity contribution in [3.63, 3.8) is 0 Å². The summed E-state index contributed by atoms with van der Waals surface area (Å²) >= 11 is 0. The van der Waals surface area contributed by atoms with E-state index in [-0.39, 0.29) is 42.0 Å². The molecule has 2 N–H and O–H groups in total. The Balaban J connectivity index is 2.28. The van der Waals surface area contributed by atoms with Gasteiger partial charge in [-0.2, -0.15) is 0 Å². The maximum absolute atomic E-state index is 12.6. The van der Waals surface area contributed by atoms with Gasteiger partial charge in [-0.1, -0.05) is 0 Å². The largest absolute Gasteiger partial charge is 0.464 e. The number of nitro benzene ring substituents is 1. The Morgan fingerprint density at radius 3 is 2.60 bits per heavy atom. The summed E-state index contributed by atoms with van der Waals surface area (Å²) in [5, 5.41) is 16.1. The summed E-state index contributed by atoms with van der Waals surface area (Å²) in [6, 6.07) is 3.57. The molecule has 2 amide bonds. The van der Waals surface area contributed by atoms with Crippen molar-refractivity contribution in [2.75, 3.05) is 13.2 Å². The first-order valence-corrected chi connectivity index (χ1v) is 9.23. The summed E-state index contributed by atoms with van der Waals surface area (Å²) in [7, 11) is 0. The van der Waals surface area contributed by atoms with Crippen LogP contribution >= 0.6 is 0 Å². The van der Waals surface area contributed by atoms with Gasteiger partial charge in [0.05, 0.1) is 11.5 Å². The fourth-order valence-electron chi connectivity index (χ4n) is 2.67. The minimum absolute atomic E-state index is 0.0409. The third-order valence-electron chi connectivity index (χ3n) is 4.08. The molecule has 2 rings (SSSR count). The van der Waals surface area contributed by atoms with Crippen LogP contribution in [0.3, 0.4) is 0 Å². The molecular weight excluding hydrogens is 398 g/mol. The van der Waals surface area contributed by atoms with Gasteiger partial charge in [-0.15, -0.1) is 0 Å². The topological polar surface area (TPSA) is 158 Å². The maximum atomic E-state index is 12.6. The molecule has 2 aromatic rings. The molecule has 1 aromatic carbocycles. The zero-order valence-electron chi connectivity index (χ0n) is 16.4. The van der Waals surface area contributed by atoms with Gasteiger partial charge in [0.15, 0.2) is 0 Å². The number of carbonyl (C=O) groups is 3. The van der Waals surface area contributed by atoms with Crippen LogP contribution in [-0.4, -0.2) is 41.9 Å². The average molecular weight is 419 g/mol. The number of non-ortho nitro benzene ring substituents is 1. The number of benzene rings is 1. The Labute approximate surface area is 170 Å². The fraction of sp³-hybridized carbons (Fsp3) is 0.368. The Morgan fingerprint density at radius 1 is 1.23 bits per heavy atom. The predicted molar refractivity (Wildman–Crippen MR) is 105 cm³/mol. The molecule has 0 bridgehead atoms. The third-order valence-corrected chi connectivity index (χ3v) is 4.08. The number of nitrogens with one attached hydrogen (secondary N) is 2. The van der Waals surface area contributed by atoms with Crippen molar-refractivity contribution in [1.29, 1.82) is 0 Å². The minimum atomic E-state index is -1.17. The molecule has 0 radical (unpaired) electrons. The van der Waals surface area contributed by atoms with Crippen LogP contribution in [0.15, 0.2) is 33.5 Å². The number of rotatable bonds is 9. The second-order valence-corrected chi connectivity index (χ2v) is 6.20. The van der Waals surface area contributed by atoms with E-state index in [4.69, 9.17) is 9.15 Å². The molecule has 1 aromatic heterocycles.